The fraction of sp³-hybridized carbons (Fsp3) is 0.700. The van der Waals surface area contributed by atoms with Gasteiger partial charge in [-0.3, -0.25) is 9.69 Å². The van der Waals surface area contributed by atoms with E-state index in [9.17, 15) is 4.79 Å². The fourth-order valence-electron chi connectivity index (χ4n) is 1.74. The normalized spacial score (nSPS) is 16.9. The molecule has 1 saturated heterocycles. The Kier molecular flexibility index (Phi) is 4.45. The lowest BCUT2D eigenvalue weighted by Crippen LogP contribution is -2.47. The summed E-state index contributed by atoms with van der Waals surface area (Å²) >= 11 is 0. The van der Waals surface area contributed by atoms with Crippen LogP contribution in [0, 0.1) is 0 Å². The molecule has 94 valence electrons. The number of nitrogens with one attached hydrogen (secondary N) is 2. The van der Waals surface area contributed by atoms with Gasteiger partial charge >= 0.3 is 0 Å². The van der Waals surface area contributed by atoms with E-state index >= 15 is 0 Å². The Hall–Kier alpha value is -1.47. The predicted octanol–water partition coefficient (Wildman–Crippen LogP) is -1.37. The average Bonchev–Trinajstić information content (AvgIpc) is 2.83. The number of carbonyl (C=O) groups excluding carboxylic acids is 1. The van der Waals surface area contributed by atoms with E-state index in [4.69, 9.17) is 4.52 Å². The van der Waals surface area contributed by atoms with Gasteiger partial charge in [-0.05, 0) is 0 Å². The number of amides is 1. The molecule has 1 aliphatic heterocycles. The zero-order valence-electron chi connectivity index (χ0n) is 9.69. The highest BCUT2D eigenvalue weighted by Gasteiger charge is 2.13. The molecule has 1 aromatic heterocycles. The average molecular weight is 239 g/mol. The molecule has 0 radical (unpaired) electrons. The summed E-state index contributed by atoms with van der Waals surface area (Å²) in [7, 11) is 0. The van der Waals surface area contributed by atoms with Crippen LogP contribution in [0.2, 0.25) is 0 Å². The van der Waals surface area contributed by atoms with Crippen LogP contribution in [0.3, 0.4) is 0 Å². The van der Waals surface area contributed by atoms with Gasteiger partial charge in [-0.2, -0.15) is 4.98 Å². The van der Waals surface area contributed by atoms with Gasteiger partial charge in [-0.15, -0.1) is 0 Å². The van der Waals surface area contributed by atoms with Crippen molar-refractivity contribution in [2.75, 3.05) is 39.3 Å². The largest absolute Gasteiger partial charge is 0.354 e. The van der Waals surface area contributed by atoms with E-state index in [-0.39, 0.29) is 5.91 Å². The Morgan fingerprint density at radius 1 is 1.53 bits per heavy atom. The van der Waals surface area contributed by atoms with Crippen molar-refractivity contribution in [3.05, 3.63) is 12.2 Å². The molecule has 2 rings (SSSR count). The van der Waals surface area contributed by atoms with Gasteiger partial charge in [0, 0.05) is 39.1 Å². The number of rotatable bonds is 5. The molecule has 0 aromatic carbocycles. The van der Waals surface area contributed by atoms with Crippen molar-refractivity contribution in [2.45, 2.75) is 6.42 Å². The molecule has 0 saturated carbocycles. The fourth-order valence-corrected chi connectivity index (χ4v) is 1.74. The summed E-state index contributed by atoms with van der Waals surface area (Å²) in [5.41, 5.74) is 0. The number of aromatic nitrogens is 2. The van der Waals surface area contributed by atoms with Crippen LogP contribution in [0.15, 0.2) is 10.9 Å². The second-order valence-electron chi connectivity index (χ2n) is 3.96. The lowest BCUT2D eigenvalue weighted by Gasteiger charge is -2.26. The maximum Gasteiger partial charge on any atom is 0.234 e. The third-order valence-electron chi connectivity index (χ3n) is 2.64. The molecule has 17 heavy (non-hydrogen) atoms. The molecule has 1 fully saturated rings. The van der Waals surface area contributed by atoms with E-state index in [2.05, 4.69) is 25.7 Å². The minimum absolute atomic E-state index is 0.0476. The number of hydrogen-bond acceptors (Lipinski definition) is 6. The van der Waals surface area contributed by atoms with Crippen molar-refractivity contribution in [2.24, 2.45) is 0 Å². The lowest BCUT2D eigenvalue weighted by atomic mass is 10.3. The second kappa shape index (κ2) is 6.31. The Bertz CT molecular complexity index is 334. The van der Waals surface area contributed by atoms with E-state index in [1.54, 1.807) is 0 Å². The third kappa shape index (κ3) is 4.12. The maximum atomic E-state index is 11.6. The topological polar surface area (TPSA) is 83.3 Å². The number of hydrogen-bond donors (Lipinski definition) is 2. The Morgan fingerprint density at radius 2 is 2.35 bits per heavy atom. The molecular formula is C10H17N5O2. The summed E-state index contributed by atoms with van der Waals surface area (Å²) in [4.78, 5) is 17.6. The standard InChI is InChI=1S/C10H17N5O2/c16-9(7-15-5-3-11-4-6-15)12-2-1-10-13-8-14-17-10/h8,11H,1-7H2,(H,12,16). The number of carbonyl (C=O) groups is 1. The monoisotopic (exact) mass is 239 g/mol. The third-order valence-corrected chi connectivity index (χ3v) is 2.64. The maximum absolute atomic E-state index is 11.6. The highest BCUT2D eigenvalue weighted by atomic mass is 16.5. The van der Waals surface area contributed by atoms with Crippen molar-refractivity contribution in [3.8, 4) is 0 Å². The minimum Gasteiger partial charge on any atom is -0.354 e. The van der Waals surface area contributed by atoms with Crippen LogP contribution in [-0.4, -0.2) is 60.2 Å². The zero-order chi connectivity index (χ0) is 11.9. The number of piperazine rings is 1. The molecule has 1 amide bonds. The Morgan fingerprint density at radius 3 is 3.06 bits per heavy atom. The van der Waals surface area contributed by atoms with Crippen LogP contribution in [0.1, 0.15) is 5.89 Å². The molecule has 7 heteroatoms. The van der Waals surface area contributed by atoms with E-state index in [0.717, 1.165) is 26.2 Å². The molecule has 2 N–H and O–H groups in total. The minimum atomic E-state index is 0.0476. The van der Waals surface area contributed by atoms with Crippen LogP contribution >= 0.6 is 0 Å². The van der Waals surface area contributed by atoms with Crippen molar-refractivity contribution in [3.63, 3.8) is 0 Å². The van der Waals surface area contributed by atoms with Crippen molar-refractivity contribution < 1.29 is 9.32 Å². The van der Waals surface area contributed by atoms with Crippen LogP contribution in [0.4, 0.5) is 0 Å². The Balaban J connectivity index is 1.60. The van der Waals surface area contributed by atoms with E-state index < -0.39 is 0 Å². The van der Waals surface area contributed by atoms with Gasteiger partial charge in [0.2, 0.25) is 11.8 Å². The van der Waals surface area contributed by atoms with Crippen molar-refractivity contribution in [1.82, 2.24) is 25.7 Å². The lowest BCUT2D eigenvalue weighted by molar-refractivity contribution is -0.122. The van der Waals surface area contributed by atoms with Gasteiger partial charge < -0.3 is 15.2 Å². The molecule has 0 bridgehead atoms. The van der Waals surface area contributed by atoms with Gasteiger partial charge in [0.25, 0.3) is 0 Å². The van der Waals surface area contributed by atoms with E-state index in [0.29, 0.717) is 25.4 Å². The molecule has 0 spiro atoms. The molecule has 0 aliphatic carbocycles. The van der Waals surface area contributed by atoms with Crippen LogP contribution in [-0.2, 0) is 11.2 Å². The summed E-state index contributed by atoms with van der Waals surface area (Å²) in [5, 5.41) is 9.59. The molecule has 2 heterocycles. The molecular weight excluding hydrogens is 222 g/mol. The predicted molar refractivity (Wildman–Crippen MR) is 60.3 cm³/mol. The first kappa shape index (κ1) is 12.0. The second-order valence-corrected chi connectivity index (χ2v) is 3.96. The van der Waals surface area contributed by atoms with Crippen molar-refractivity contribution in [1.29, 1.82) is 0 Å². The SMILES string of the molecule is O=C(CN1CCNCC1)NCCc1ncno1. The molecule has 0 unspecified atom stereocenters. The smallest absolute Gasteiger partial charge is 0.234 e. The van der Waals surface area contributed by atoms with Crippen LogP contribution in [0.5, 0.6) is 0 Å². The highest BCUT2D eigenvalue weighted by molar-refractivity contribution is 5.78. The Labute approximate surface area is 99.6 Å². The summed E-state index contributed by atoms with van der Waals surface area (Å²) in [6, 6.07) is 0. The molecule has 7 nitrogen and oxygen atoms in total. The van der Waals surface area contributed by atoms with Gasteiger partial charge in [-0.1, -0.05) is 5.16 Å². The van der Waals surface area contributed by atoms with Crippen molar-refractivity contribution >= 4 is 5.91 Å². The van der Waals surface area contributed by atoms with E-state index in [1.807, 2.05) is 0 Å². The summed E-state index contributed by atoms with van der Waals surface area (Å²) in [6.07, 6.45) is 1.94. The molecule has 0 atom stereocenters. The zero-order valence-corrected chi connectivity index (χ0v) is 9.69. The van der Waals surface area contributed by atoms with Crippen LogP contribution < -0.4 is 10.6 Å². The molecule has 1 aromatic rings. The summed E-state index contributed by atoms with van der Waals surface area (Å²) in [5.74, 6) is 0.596. The quantitative estimate of drug-likeness (QED) is 0.660. The highest BCUT2D eigenvalue weighted by Crippen LogP contribution is 1.92. The van der Waals surface area contributed by atoms with E-state index in [1.165, 1.54) is 6.33 Å². The summed E-state index contributed by atoms with van der Waals surface area (Å²) < 4.78 is 4.83. The van der Waals surface area contributed by atoms with Gasteiger partial charge in [0.05, 0.1) is 6.54 Å². The van der Waals surface area contributed by atoms with Crippen LogP contribution in [0.25, 0.3) is 0 Å². The first-order valence-electron chi connectivity index (χ1n) is 5.80. The van der Waals surface area contributed by atoms with Gasteiger partial charge in [0.1, 0.15) is 0 Å². The van der Waals surface area contributed by atoms with Gasteiger partial charge in [0.15, 0.2) is 6.33 Å². The first-order chi connectivity index (χ1) is 8.34. The molecule has 1 aliphatic rings. The number of nitrogens with zero attached hydrogens (tertiary/aromatic N) is 3. The van der Waals surface area contributed by atoms with Gasteiger partial charge in [-0.25, -0.2) is 0 Å². The first-order valence-corrected chi connectivity index (χ1v) is 5.80. The summed E-state index contributed by atoms with van der Waals surface area (Å²) in [6.45, 7) is 4.76.